The van der Waals surface area contributed by atoms with Gasteiger partial charge in [0.1, 0.15) is 23.0 Å². The second-order valence-electron chi connectivity index (χ2n) is 9.78. The number of hydrogen-bond acceptors (Lipinski definition) is 8. The number of esters is 2. The topological polar surface area (TPSA) is 108 Å². The van der Waals surface area contributed by atoms with Crippen molar-refractivity contribution in [3.05, 3.63) is 120 Å². The molecule has 0 aliphatic carbocycles. The normalized spacial score (nSPS) is 12.1. The van der Waals surface area contributed by atoms with Gasteiger partial charge in [-0.25, -0.2) is 9.59 Å². The van der Waals surface area contributed by atoms with Gasteiger partial charge in [-0.05, 0) is 85.3 Å². The average Bonchev–Trinajstić information content (AvgIpc) is 3.06. The summed E-state index contributed by atoms with van der Waals surface area (Å²) in [5.74, 6) is -11.8. The highest BCUT2D eigenvalue weighted by Crippen LogP contribution is 2.35. The van der Waals surface area contributed by atoms with E-state index in [9.17, 15) is 37.1 Å². The van der Waals surface area contributed by atoms with Crippen LogP contribution in [0.15, 0.2) is 103 Å². The predicted octanol–water partition coefficient (Wildman–Crippen LogP) is 6.73. The first-order valence-corrected chi connectivity index (χ1v) is 13.9. The third-order valence-corrected chi connectivity index (χ3v) is 6.54. The van der Waals surface area contributed by atoms with Crippen molar-refractivity contribution in [3.63, 3.8) is 0 Å². The number of halogens is 4. The van der Waals surface area contributed by atoms with Gasteiger partial charge in [0, 0.05) is 17.5 Å². The van der Waals surface area contributed by atoms with Crippen LogP contribution in [0.2, 0.25) is 0 Å². The number of hydrogen-bond donors (Lipinski definition) is 1. The number of ether oxygens (including phenoxy) is 4. The van der Waals surface area contributed by atoms with E-state index in [1.54, 1.807) is 42.5 Å². The molecule has 0 amide bonds. The van der Waals surface area contributed by atoms with Crippen LogP contribution in [0.4, 0.5) is 17.6 Å². The van der Waals surface area contributed by atoms with Gasteiger partial charge in [-0.2, -0.15) is 17.6 Å². The highest BCUT2D eigenvalue weighted by molar-refractivity contribution is 6.36. The second kappa shape index (κ2) is 14.7. The smallest absolute Gasteiger partial charge is 0.381 e. The lowest BCUT2D eigenvalue weighted by Crippen LogP contribution is -2.39. The van der Waals surface area contributed by atoms with Crippen LogP contribution in [-0.2, 0) is 42.1 Å². The van der Waals surface area contributed by atoms with Gasteiger partial charge in [-0.1, -0.05) is 30.3 Å². The Balaban J connectivity index is 1.26. The van der Waals surface area contributed by atoms with Crippen LogP contribution in [-0.4, -0.2) is 42.1 Å². The summed E-state index contributed by atoms with van der Waals surface area (Å²) in [6, 6.07) is 24.0. The molecule has 4 aromatic carbocycles. The predicted molar refractivity (Wildman–Crippen MR) is 156 cm³/mol. The van der Waals surface area contributed by atoms with Gasteiger partial charge in [0.2, 0.25) is 6.10 Å². The molecule has 1 N–H and O–H groups in total. The Hall–Kier alpha value is -5.23. The summed E-state index contributed by atoms with van der Waals surface area (Å²) < 4.78 is 78.8. The largest absolute Gasteiger partial charge is 0.463 e. The number of aliphatic hydroxyl groups is 1. The average molecular weight is 641 g/mol. The molecule has 240 valence electrons. The number of aliphatic hydroxyl groups excluding tert-OH is 1. The van der Waals surface area contributed by atoms with Crippen LogP contribution >= 0.6 is 0 Å². The van der Waals surface area contributed by atoms with Crippen LogP contribution in [0.5, 0.6) is 23.0 Å². The van der Waals surface area contributed by atoms with Gasteiger partial charge in [-0.3, -0.25) is 4.79 Å². The van der Waals surface area contributed by atoms with Crippen molar-refractivity contribution in [3.8, 4) is 23.0 Å². The number of carbonyl (C=O) groups excluding carboxylic acids is 3. The fraction of sp³-hybridized carbons (Fsp3) is 0.206. The van der Waals surface area contributed by atoms with Crippen molar-refractivity contribution in [2.45, 2.75) is 31.3 Å². The van der Waals surface area contributed by atoms with E-state index in [1.165, 1.54) is 43.3 Å². The van der Waals surface area contributed by atoms with Crippen LogP contribution in [0.25, 0.3) is 0 Å². The van der Waals surface area contributed by atoms with Crippen molar-refractivity contribution in [1.82, 2.24) is 0 Å². The lowest BCUT2D eigenvalue weighted by molar-refractivity contribution is -0.179. The Bertz CT molecular complexity index is 1630. The van der Waals surface area contributed by atoms with Crippen molar-refractivity contribution in [1.29, 1.82) is 0 Å². The molecule has 4 rings (SSSR count). The van der Waals surface area contributed by atoms with Gasteiger partial charge in [0.05, 0.1) is 13.2 Å². The summed E-state index contributed by atoms with van der Waals surface area (Å²) in [6.07, 6.45) is -2.60. The van der Waals surface area contributed by atoms with Crippen molar-refractivity contribution >= 4 is 17.7 Å². The van der Waals surface area contributed by atoms with Gasteiger partial charge in [-0.15, -0.1) is 0 Å². The lowest BCUT2D eigenvalue weighted by Gasteiger charge is -2.22. The zero-order valence-corrected chi connectivity index (χ0v) is 24.3. The second-order valence-corrected chi connectivity index (χ2v) is 9.78. The Morgan fingerprint density at radius 2 is 1.15 bits per heavy atom. The molecule has 0 heterocycles. The minimum absolute atomic E-state index is 0.133. The number of ketones is 1. The zero-order chi connectivity index (χ0) is 33.3. The molecule has 0 spiro atoms. The summed E-state index contributed by atoms with van der Waals surface area (Å²) in [4.78, 5) is 35.4. The maximum absolute atomic E-state index is 14.8. The maximum atomic E-state index is 14.8. The van der Waals surface area contributed by atoms with E-state index in [2.05, 4.69) is 4.74 Å². The maximum Gasteiger partial charge on any atom is 0.381 e. The molecule has 0 aliphatic rings. The highest BCUT2D eigenvalue weighted by Gasteiger charge is 2.47. The SMILES string of the molecule is CCOC(=O)C(=O)C(F)(F)c1ccc(Oc2ccc(CCOC(=O)C(O)C(F)(F)c3ccc(Oc4ccccc4)cc3)cc2)cc1. The molecular formula is C34H28F4O8. The third-order valence-electron chi connectivity index (χ3n) is 6.54. The highest BCUT2D eigenvalue weighted by atomic mass is 19.3. The first-order valence-electron chi connectivity index (χ1n) is 13.9. The number of para-hydroxylation sites is 1. The van der Waals surface area contributed by atoms with Gasteiger partial charge < -0.3 is 24.1 Å². The van der Waals surface area contributed by atoms with Crippen LogP contribution in [0.3, 0.4) is 0 Å². The molecule has 1 unspecified atom stereocenters. The number of rotatable bonds is 14. The molecule has 46 heavy (non-hydrogen) atoms. The standard InChI is InChI=1S/C34H28F4O8/c1-2-43-31(41)29(39)33(35,36)23-12-18-28(19-13-23)46-26-14-8-22(9-15-26)20-21-44-32(42)30(40)34(37,38)24-10-16-27(17-11-24)45-25-6-4-3-5-7-25/h3-19,30,40H,2,20-21H2,1H3. The molecule has 1 atom stereocenters. The monoisotopic (exact) mass is 640 g/mol. The Kier molecular flexibility index (Phi) is 10.8. The van der Waals surface area contributed by atoms with Crippen molar-refractivity contribution in [2.24, 2.45) is 0 Å². The van der Waals surface area contributed by atoms with E-state index in [4.69, 9.17) is 14.2 Å². The fourth-order valence-electron chi connectivity index (χ4n) is 4.07. The first kappa shape index (κ1) is 33.7. The Morgan fingerprint density at radius 3 is 1.67 bits per heavy atom. The molecule has 0 fully saturated rings. The summed E-state index contributed by atoms with van der Waals surface area (Å²) in [5.41, 5.74) is -0.665. The van der Waals surface area contributed by atoms with E-state index in [-0.39, 0.29) is 25.4 Å². The van der Waals surface area contributed by atoms with E-state index in [0.29, 0.717) is 22.8 Å². The molecule has 4 aromatic rings. The van der Waals surface area contributed by atoms with Gasteiger partial charge >= 0.3 is 29.6 Å². The Morgan fingerprint density at radius 1 is 0.674 bits per heavy atom. The summed E-state index contributed by atoms with van der Waals surface area (Å²) in [6.45, 7) is 0.872. The minimum Gasteiger partial charge on any atom is -0.463 e. The summed E-state index contributed by atoms with van der Waals surface area (Å²) in [7, 11) is 0. The minimum atomic E-state index is -4.08. The molecule has 12 heteroatoms. The molecule has 0 bridgehead atoms. The van der Waals surface area contributed by atoms with E-state index >= 15 is 0 Å². The van der Waals surface area contributed by atoms with E-state index in [1.807, 2.05) is 0 Å². The third kappa shape index (κ3) is 8.27. The molecule has 8 nitrogen and oxygen atoms in total. The number of alkyl halides is 4. The molecular weight excluding hydrogens is 612 g/mol. The number of carbonyl (C=O) groups is 3. The molecule has 0 aliphatic heterocycles. The van der Waals surface area contributed by atoms with Crippen molar-refractivity contribution < 1.29 is 56.0 Å². The van der Waals surface area contributed by atoms with Crippen LogP contribution in [0, 0.1) is 0 Å². The van der Waals surface area contributed by atoms with Crippen molar-refractivity contribution in [2.75, 3.05) is 13.2 Å². The number of Topliss-reactive ketones (excluding diaryl/α,β-unsaturated/α-hetero) is 1. The van der Waals surface area contributed by atoms with E-state index < -0.39 is 46.8 Å². The van der Waals surface area contributed by atoms with E-state index in [0.717, 1.165) is 24.3 Å². The fourth-order valence-corrected chi connectivity index (χ4v) is 4.07. The van der Waals surface area contributed by atoms with Crippen LogP contribution < -0.4 is 9.47 Å². The molecule has 0 aromatic heterocycles. The van der Waals surface area contributed by atoms with Crippen LogP contribution in [0.1, 0.15) is 23.6 Å². The number of benzene rings is 4. The summed E-state index contributed by atoms with van der Waals surface area (Å²) >= 11 is 0. The summed E-state index contributed by atoms with van der Waals surface area (Å²) in [5, 5.41) is 10.1. The molecule has 0 saturated heterocycles. The molecule has 0 radical (unpaired) electrons. The van der Waals surface area contributed by atoms with Gasteiger partial charge in [0.15, 0.2) is 0 Å². The molecule has 0 saturated carbocycles. The Labute approximate surface area is 261 Å². The first-order chi connectivity index (χ1) is 21.9. The lowest BCUT2D eigenvalue weighted by atomic mass is 10.0. The quantitative estimate of drug-likeness (QED) is 0.0918. The van der Waals surface area contributed by atoms with Gasteiger partial charge in [0.25, 0.3) is 0 Å². The zero-order valence-electron chi connectivity index (χ0n) is 24.3.